The monoisotopic (exact) mass is 403 g/mol. The molecule has 0 N–H and O–H groups in total. The maximum absolute atomic E-state index is 12.4. The summed E-state index contributed by atoms with van der Waals surface area (Å²) in [7, 11) is -0.192. The lowest BCUT2D eigenvalue weighted by atomic mass is 10.0. The van der Waals surface area contributed by atoms with Crippen molar-refractivity contribution < 1.29 is 17.6 Å². The summed E-state index contributed by atoms with van der Waals surface area (Å²) in [5.41, 5.74) is 1.81. The second-order valence-electron chi connectivity index (χ2n) is 7.33. The lowest BCUT2D eigenvalue weighted by molar-refractivity contribution is 0.182. The van der Waals surface area contributed by atoms with Gasteiger partial charge in [-0.2, -0.15) is 0 Å². The van der Waals surface area contributed by atoms with Crippen LogP contribution in [-0.4, -0.2) is 55.3 Å². The molecule has 1 aromatic carbocycles. The summed E-state index contributed by atoms with van der Waals surface area (Å²) in [6.07, 6.45) is 4.41. The Kier molecular flexibility index (Phi) is 5.03. The van der Waals surface area contributed by atoms with Crippen LogP contribution in [0.4, 0.5) is 0 Å². The van der Waals surface area contributed by atoms with Gasteiger partial charge in [-0.15, -0.1) is 0 Å². The number of para-hydroxylation sites is 1. The van der Waals surface area contributed by atoms with E-state index >= 15 is 0 Å². The average Bonchev–Trinajstić information content (AvgIpc) is 3.37. The summed E-state index contributed by atoms with van der Waals surface area (Å²) in [6.45, 7) is 2.94. The Morgan fingerprint density at radius 1 is 1.25 bits per heavy atom. The summed E-state index contributed by atoms with van der Waals surface area (Å²) >= 11 is 0. The van der Waals surface area contributed by atoms with Crippen LogP contribution in [0.1, 0.15) is 18.7 Å². The Bertz CT molecular complexity index is 1080. The number of aryl methyl sites for hydroxylation is 1. The zero-order valence-corrected chi connectivity index (χ0v) is 17.1. The number of hydrogen-bond donors (Lipinski definition) is 0. The van der Waals surface area contributed by atoms with Crippen molar-refractivity contribution in [2.75, 3.05) is 33.1 Å². The van der Waals surface area contributed by atoms with Crippen molar-refractivity contribution in [2.24, 2.45) is 5.92 Å². The second-order valence-corrected chi connectivity index (χ2v) is 9.56. The first-order valence-electron chi connectivity index (χ1n) is 9.44. The van der Waals surface area contributed by atoms with Gasteiger partial charge in [0.05, 0.1) is 30.6 Å². The maximum Gasteiger partial charge on any atom is 0.214 e. The van der Waals surface area contributed by atoms with Gasteiger partial charge >= 0.3 is 0 Å². The first kappa shape index (κ1) is 19.2. The third-order valence-corrected chi connectivity index (χ3v) is 7.35. The maximum atomic E-state index is 12.4. The van der Waals surface area contributed by atoms with E-state index < -0.39 is 10.0 Å². The third kappa shape index (κ3) is 3.25. The van der Waals surface area contributed by atoms with Crippen molar-refractivity contribution in [3.8, 4) is 11.4 Å². The van der Waals surface area contributed by atoms with Gasteiger partial charge in [-0.3, -0.25) is 0 Å². The summed E-state index contributed by atoms with van der Waals surface area (Å²) in [4.78, 5) is 4.62. The molecule has 2 aromatic heterocycles. The highest BCUT2D eigenvalue weighted by Crippen LogP contribution is 2.37. The highest BCUT2D eigenvalue weighted by molar-refractivity contribution is 7.89. The van der Waals surface area contributed by atoms with Gasteiger partial charge in [0.25, 0.3) is 0 Å². The minimum Gasteiger partial charge on any atom is -0.460 e. The van der Waals surface area contributed by atoms with E-state index in [9.17, 15) is 8.42 Å². The Labute approximate surface area is 165 Å². The molecule has 2 atom stereocenters. The van der Waals surface area contributed by atoms with Gasteiger partial charge in [-0.1, -0.05) is 25.1 Å². The number of rotatable bonds is 6. The second kappa shape index (κ2) is 7.35. The highest BCUT2D eigenvalue weighted by Gasteiger charge is 2.36. The van der Waals surface area contributed by atoms with Crippen molar-refractivity contribution in [2.45, 2.75) is 19.4 Å². The summed E-state index contributed by atoms with van der Waals surface area (Å²) < 4.78 is 39.9. The van der Waals surface area contributed by atoms with Crippen LogP contribution in [0.3, 0.4) is 0 Å². The number of aromatic nitrogens is 2. The molecular weight excluding hydrogens is 378 g/mol. The number of ether oxygens (including phenoxy) is 1. The summed E-state index contributed by atoms with van der Waals surface area (Å²) in [5, 5.41) is 1.02. The predicted molar refractivity (Wildman–Crippen MR) is 108 cm³/mol. The molecule has 4 rings (SSSR count). The molecular formula is C20H25N3O4S. The van der Waals surface area contributed by atoms with Crippen LogP contribution in [-0.2, 0) is 21.2 Å². The van der Waals surface area contributed by atoms with E-state index in [-0.39, 0.29) is 17.7 Å². The number of imidazole rings is 1. The lowest BCUT2D eigenvalue weighted by Gasteiger charge is -2.22. The molecule has 1 fully saturated rings. The summed E-state index contributed by atoms with van der Waals surface area (Å²) in [6, 6.07) is 7.83. The zero-order valence-electron chi connectivity index (χ0n) is 16.3. The molecule has 8 heteroatoms. The van der Waals surface area contributed by atoms with Crippen molar-refractivity contribution in [3.63, 3.8) is 0 Å². The van der Waals surface area contributed by atoms with Gasteiger partial charge in [0.2, 0.25) is 10.0 Å². The van der Waals surface area contributed by atoms with Crippen molar-refractivity contribution in [1.82, 2.24) is 13.9 Å². The lowest BCUT2D eigenvalue weighted by Crippen LogP contribution is -2.32. The largest absolute Gasteiger partial charge is 0.460 e. The Hall–Kier alpha value is -2.16. The topological polar surface area (TPSA) is 77.6 Å². The number of hydrogen-bond acceptors (Lipinski definition) is 5. The van der Waals surface area contributed by atoms with Gasteiger partial charge in [-0.05, 0) is 6.07 Å². The molecule has 0 amide bonds. The molecule has 0 bridgehead atoms. The molecule has 3 aromatic rings. The highest BCUT2D eigenvalue weighted by atomic mass is 32.2. The van der Waals surface area contributed by atoms with Gasteiger partial charge in [0.1, 0.15) is 17.2 Å². The van der Waals surface area contributed by atoms with Gasteiger partial charge in [0.15, 0.2) is 0 Å². The Morgan fingerprint density at radius 3 is 2.79 bits per heavy atom. The molecule has 150 valence electrons. The van der Waals surface area contributed by atoms with Crippen LogP contribution in [0.15, 0.2) is 41.1 Å². The number of nitrogens with zero attached hydrogens (tertiary/aromatic N) is 3. The van der Waals surface area contributed by atoms with E-state index in [1.54, 1.807) is 20.3 Å². The smallest absolute Gasteiger partial charge is 0.214 e. The number of sulfonamides is 1. The van der Waals surface area contributed by atoms with E-state index in [0.29, 0.717) is 13.2 Å². The fourth-order valence-corrected chi connectivity index (χ4v) is 5.00. The number of furan rings is 1. The Morgan fingerprint density at radius 2 is 2.04 bits per heavy atom. The van der Waals surface area contributed by atoms with Crippen molar-refractivity contribution in [1.29, 1.82) is 0 Å². The van der Waals surface area contributed by atoms with Crippen LogP contribution in [0.2, 0.25) is 0 Å². The van der Waals surface area contributed by atoms with E-state index in [2.05, 4.69) is 16.5 Å². The minimum absolute atomic E-state index is 0.0507. The first-order chi connectivity index (χ1) is 13.4. The average molecular weight is 404 g/mol. The van der Waals surface area contributed by atoms with E-state index in [1.807, 2.05) is 30.5 Å². The van der Waals surface area contributed by atoms with Crippen molar-refractivity contribution in [3.05, 3.63) is 42.4 Å². The first-order valence-corrected chi connectivity index (χ1v) is 11.0. The van der Waals surface area contributed by atoms with Crippen molar-refractivity contribution >= 4 is 21.0 Å². The molecule has 3 heterocycles. The minimum atomic E-state index is -3.32. The predicted octanol–water partition coefficient (Wildman–Crippen LogP) is 2.94. The SMILES string of the molecule is CCc1oc2ccccc2c1-c1nccn1[C@@H]1COC[C@H]1CS(=O)(=O)N(C)C. The van der Waals surface area contributed by atoms with E-state index in [0.717, 1.165) is 34.5 Å². The zero-order chi connectivity index (χ0) is 19.9. The number of fused-ring (bicyclic) bond motifs is 1. The molecule has 1 aliphatic heterocycles. The van der Waals surface area contributed by atoms with Gasteiger partial charge in [-0.25, -0.2) is 17.7 Å². The fourth-order valence-electron chi connectivity index (χ4n) is 3.84. The third-order valence-electron chi connectivity index (χ3n) is 5.38. The molecule has 0 spiro atoms. The van der Waals surface area contributed by atoms with Gasteiger partial charge in [0, 0.05) is 44.2 Å². The van der Waals surface area contributed by atoms with Crippen LogP contribution in [0, 0.1) is 5.92 Å². The molecule has 0 saturated carbocycles. The summed E-state index contributed by atoms with van der Waals surface area (Å²) in [5.74, 6) is 1.59. The van der Waals surface area contributed by atoms with Gasteiger partial charge < -0.3 is 13.7 Å². The molecule has 0 radical (unpaired) electrons. The standard InChI is InChI=1S/C20H25N3O4S/c1-4-17-19(15-7-5-6-8-18(15)27-17)20-21-9-10-23(20)16-12-26-11-14(16)13-28(24,25)22(2)3/h5-10,14,16H,4,11-13H2,1-3H3/t14-,16+/m0/s1. The quantitative estimate of drug-likeness (QED) is 0.632. The molecule has 7 nitrogen and oxygen atoms in total. The van der Waals surface area contributed by atoms with Crippen LogP contribution >= 0.6 is 0 Å². The molecule has 1 saturated heterocycles. The fraction of sp³-hybridized carbons (Fsp3) is 0.450. The molecule has 28 heavy (non-hydrogen) atoms. The van der Waals surface area contributed by atoms with E-state index in [1.165, 1.54) is 4.31 Å². The molecule has 0 unspecified atom stereocenters. The number of benzene rings is 1. The molecule has 0 aliphatic carbocycles. The van der Waals surface area contributed by atoms with Crippen LogP contribution in [0.5, 0.6) is 0 Å². The van der Waals surface area contributed by atoms with E-state index in [4.69, 9.17) is 9.15 Å². The Balaban J connectivity index is 1.76. The van der Waals surface area contributed by atoms with Crippen LogP contribution < -0.4 is 0 Å². The molecule has 1 aliphatic rings. The normalized spacial score (nSPS) is 20.4. The van der Waals surface area contributed by atoms with Crippen LogP contribution in [0.25, 0.3) is 22.4 Å².